The molecule has 0 aromatic carbocycles. The average Bonchev–Trinajstić information content (AvgIpc) is 2.47. The molecule has 0 spiro atoms. The van der Waals surface area contributed by atoms with Crippen molar-refractivity contribution in [1.29, 1.82) is 0 Å². The molecule has 0 aromatic heterocycles. The van der Waals surface area contributed by atoms with E-state index in [-0.39, 0.29) is 11.1 Å². The maximum absolute atomic E-state index is 3.82. The van der Waals surface area contributed by atoms with Crippen LogP contribution in [-0.4, -0.2) is 72.2 Å². The lowest BCUT2D eigenvalue weighted by atomic mass is 9.92. The zero-order chi connectivity index (χ0) is 18.7. The van der Waals surface area contributed by atoms with E-state index in [2.05, 4.69) is 89.9 Å². The van der Waals surface area contributed by atoms with Crippen molar-refractivity contribution >= 4 is 0 Å². The molecule has 1 aliphatic rings. The third kappa shape index (κ3) is 6.62. The van der Waals surface area contributed by atoms with Gasteiger partial charge in [0.2, 0.25) is 0 Å². The largest absolute Gasteiger partial charge is 0.310 e. The molecule has 1 saturated heterocycles. The van der Waals surface area contributed by atoms with Crippen molar-refractivity contribution in [3.63, 3.8) is 0 Å². The number of nitrogens with zero attached hydrogens (tertiary/aromatic N) is 2. The highest BCUT2D eigenvalue weighted by molar-refractivity contribution is 4.90. The van der Waals surface area contributed by atoms with Gasteiger partial charge in [0, 0.05) is 48.3 Å². The summed E-state index contributed by atoms with van der Waals surface area (Å²) < 4.78 is 0. The van der Waals surface area contributed by atoms with Crippen molar-refractivity contribution in [1.82, 2.24) is 20.4 Å². The highest BCUT2D eigenvalue weighted by Crippen LogP contribution is 2.20. The second kappa shape index (κ2) is 8.48. The van der Waals surface area contributed by atoms with Crippen LogP contribution in [0.5, 0.6) is 0 Å². The highest BCUT2D eigenvalue weighted by Gasteiger charge is 2.30. The smallest absolute Gasteiger partial charge is 0.0192 e. The first-order chi connectivity index (χ1) is 10.8. The molecule has 1 heterocycles. The summed E-state index contributed by atoms with van der Waals surface area (Å²) in [6.07, 6.45) is 2.31. The topological polar surface area (TPSA) is 30.5 Å². The Morgan fingerprint density at radius 1 is 0.625 bits per heavy atom. The summed E-state index contributed by atoms with van der Waals surface area (Å²) in [5.74, 6) is 0. The molecule has 1 fully saturated rings. The summed E-state index contributed by atoms with van der Waals surface area (Å²) in [6, 6.07) is 2.18. The lowest BCUT2D eigenvalue weighted by molar-refractivity contribution is 0.115. The van der Waals surface area contributed by atoms with E-state index < -0.39 is 0 Å². The van der Waals surface area contributed by atoms with E-state index >= 15 is 0 Å². The molecule has 2 N–H and O–H groups in total. The molecule has 4 atom stereocenters. The van der Waals surface area contributed by atoms with Gasteiger partial charge in [-0.2, -0.15) is 0 Å². The van der Waals surface area contributed by atoms with Crippen LogP contribution in [0.15, 0.2) is 0 Å². The Labute approximate surface area is 151 Å². The van der Waals surface area contributed by atoms with E-state index in [0.29, 0.717) is 24.2 Å². The number of rotatable bonds is 0. The van der Waals surface area contributed by atoms with Gasteiger partial charge in [-0.05, 0) is 82.3 Å². The third-order valence-corrected chi connectivity index (χ3v) is 6.14. The molecule has 0 aliphatic carbocycles. The molecule has 4 nitrogen and oxygen atoms in total. The summed E-state index contributed by atoms with van der Waals surface area (Å²) in [5, 5.41) is 7.63. The van der Waals surface area contributed by atoms with E-state index in [1.54, 1.807) is 0 Å². The van der Waals surface area contributed by atoms with Gasteiger partial charge in [-0.3, -0.25) is 9.80 Å². The van der Waals surface area contributed by atoms with E-state index in [1.807, 2.05) is 0 Å². The van der Waals surface area contributed by atoms with Gasteiger partial charge in [0.25, 0.3) is 0 Å². The fourth-order valence-electron chi connectivity index (χ4n) is 3.91. The van der Waals surface area contributed by atoms with Crippen LogP contribution < -0.4 is 10.6 Å². The van der Waals surface area contributed by atoms with Crippen LogP contribution in [-0.2, 0) is 0 Å². The molecular formula is C20H44N4. The maximum atomic E-state index is 3.82. The molecule has 1 rings (SSSR count). The van der Waals surface area contributed by atoms with Crippen molar-refractivity contribution < 1.29 is 0 Å². The fourth-order valence-corrected chi connectivity index (χ4v) is 3.91. The van der Waals surface area contributed by atoms with Gasteiger partial charge in [0.05, 0.1) is 0 Å². The van der Waals surface area contributed by atoms with Crippen LogP contribution in [0.1, 0.15) is 68.2 Å². The summed E-state index contributed by atoms with van der Waals surface area (Å²) in [6.45, 7) is 20.8. The van der Waals surface area contributed by atoms with Gasteiger partial charge < -0.3 is 10.6 Å². The molecule has 24 heavy (non-hydrogen) atoms. The Bertz CT molecular complexity index is 344. The monoisotopic (exact) mass is 340 g/mol. The quantitative estimate of drug-likeness (QED) is 0.710. The van der Waals surface area contributed by atoms with Crippen LogP contribution in [0.25, 0.3) is 0 Å². The van der Waals surface area contributed by atoms with Crippen molar-refractivity contribution in [3.8, 4) is 0 Å². The van der Waals surface area contributed by atoms with Crippen molar-refractivity contribution in [2.75, 3.05) is 27.2 Å². The number of likely N-dealkylation sites (N-methyl/N-ethyl adjacent to an activating group) is 2. The Kier molecular flexibility index (Phi) is 7.73. The Morgan fingerprint density at radius 2 is 0.917 bits per heavy atom. The van der Waals surface area contributed by atoms with Crippen LogP contribution in [0.3, 0.4) is 0 Å². The first-order valence-corrected chi connectivity index (χ1v) is 9.78. The minimum absolute atomic E-state index is 0.155. The van der Waals surface area contributed by atoms with Gasteiger partial charge >= 0.3 is 0 Å². The van der Waals surface area contributed by atoms with Crippen LogP contribution >= 0.6 is 0 Å². The predicted octanol–water partition coefficient (Wildman–Crippen LogP) is 2.93. The summed E-state index contributed by atoms with van der Waals surface area (Å²) in [4.78, 5) is 5.05. The lowest BCUT2D eigenvalue weighted by Crippen LogP contribution is -2.56. The van der Waals surface area contributed by atoms with E-state index in [0.717, 1.165) is 25.9 Å². The Morgan fingerprint density at radius 3 is 1.21 bits per heavy atom. The minimum Gasteiger partial charge on any atom is -0.310 e. The molecule has 4 heteroatoms. The molecular weight excluding hydrogens is 296 g/mol. The van der Waals surface area contributed by atoms with Crippen molar-refractivity contribution in [2.24, 2.45) is 0 Å². The predicted molar refractivity (Wildman–Crippen MR) is 107 cm³/mol. The number of hydrogen-bond acceptors (Lipinski definition) is 4. The molecule has 0 aromatic rings. The Balaban J connectivity index is 2.94. The van der Waals surface area contributed by atoms with Gasteiger partial charge in [0.15, 0.2) is 0 Å². The molecule has 144 valence electrons. The lowest BCUT2D eigenvalue weighted by Gasteiger charge is -2.42. The van der Waals surface area contributed by atoms with Crippen LogP contribution in [0, 0.1) is 0 Å². The van der Waals surface area contributed by atoms with Gasteiger partial charge in [0.1, 0.15) is 0 Å². The normalized spacial score (nSPS) is 37.8. The number of hydrogen-bond donors (Lipinski definition) is 2. The molecule has 2 unspecified atom stereocenters. The van der Waals surface area contributed by atoms with E-state index in [9.17, 15) is 0 Å². The highest BCUT2D eigenvalue weighted by atomic mass is 15.2. The fraction of sp³-hybridized carbons (Fsp3) is 1.00. The molecule has 0 radical (unpaired) electrons. The molecule has 1 aliphatic heterocycles. The maximum Gasteiger partial charge on any atom is 0.0192 e. The van der Waals surface area contributed by atoms with Crippen molar-refractivity contribution in [3.05, 3.63) is 0 Å². The van der Waals surface area contributed by atoms with E-state index in [4.69, 9.17) is 0 Å². The van der Waals surface area contributed by atoms with E-state index in [1.165, 1.54) is 0 Å². The molecule has 0 saturated carbocycles. The van der Waals surface area contributed by atoms with Crippen LogP contribution in [0.2, 0.25) is 0 Å². The molecule has 0 bridgehead atoms. The standard InChI is InChI=1S/C20H44N4/c1-15-11-19(5,6)21-14-18(4)24(10)16(2)12-20(7,8)22-13-17(3)23(15)9/h15-18,21-22H,11-14H2,1-10H3/t15-,16+,17?,18?. The second-order valence-corrected chi connectivity index (χ2v) is 9.66. The third-order valence-electron chi connectivity index (χ3n) is 6.14. The summed E-state index contributed by atoms with van der Waals surface area (Å²) >= 11 is 0. The minimum atomic E-state index is 0.155. The zero-order valence-electron chi connectivity index (χ0n) is 18.0. The number of nitrogens with one attached hydrogen (secondary N) is 2. The first kappa shape index (κ1) is 21.9. The average molecular weight is 341 g/mol. The molecule has 0 amide bonds. The van der Waals surface area contributed by atoms with Gasteiger partial charge in [-0.25, -0.2) is 0 Å². The second-order valence-electron chi connectivity index (χ2n) is 9.66. The van der Waals surface area contributed by atoms with Gasteiger partial charge in [-0.15, -0.1) is 0 Å². The summed E-state index contributed by atoms with van der Waals surface area (Å²) in [7, 11) is 4.54. The van der Waals surface area contributed by atoms with Crippen LogP contribution in [0.4, 0.5) is 0 Å². The van der Waals surface area contributed by atoms with Crippen molar-refractivity contribution in [2.45, 2.75) is 103 Å². The summed E-state index contributed by atoms with van der Waals surface area (Å²) in [5.41, 5.74) is 0.311. The first-order valence-electron chi connectivity index (χ1n) is 9.78. The van der Waals surface area contributed by atoms with Gasteiger partial charge in [-0.1, -0.05) is 0 Å². The Hall–Kier alpha value is -0.160. The SMILES string of the molecule is CC1CNC(C)(C)C[C@H](C)N(C)C(C)CNC(C)(C)C[C@@H](C)N1C. The zero-order valence-corrected chi connectivity index (χ0v) is 18.0.